The Bertz CT molecular complexity index is 775. The van der Waals surface area contributed by atoms with Gasteiger partial charge in [-0.25, -0.2) is 9.59 Å². The summed E-state index contributed by atoms with van der Waals surface area (Å²) in [7, 11) is 1.73. The molecule has 2 saturated heterocycles. The van der Waals surface area contributed by atoms with E-state index in [0.717, 1.165) is 19.3 Å². The van der Waals surface area contributed by atoms with Gasteiger partial charge in [-0.3, -0.25) is 4.79 Å². The normalized spacial score (nSPS) is 22.3. The van der Waals surface area contributed by atoms with Gasteiger partial charge in [-0.1, -0.05) is 6.42 Å². The van der Waals surface area contributed by atoms with Crippen LogP contribution >= 0.6 is 0 Å². The number of nitrogens with zero attached hydrogens (tertiary/aromatic N) is 2. The summed E-state index contributed by atoms with van der Waals surface area (Å²) in [6, 6.07) is 1.71. The number of hydrogen-bond acceptors (Lipinski definition) is 4. The van der Waals surface area contributed by atoms with Gasteiger partial charge in [0.05, 0.1) is 5.54 Å². The van der Waals surface area contributed by atoms with Crippen LogP contribution in [0.3, 0.4) is 0 Å². The molecule has 3 fully saturated rings. The monoisotopic (exact) mass is 331 g/mol. The summed E-state index contributed by atoms with van der Waals surface area (Å²) in [6.07, 6.45) is 3.24. The van der Waals surface area contributed by atoms with E-state index >= 15 is 0 Å². The van der Waals surface area contributed by atoms with Crippen LogP contribution in [0.4, 0.5) is 4.79 Å². The molecule has 4 rings (SSSR count). The van der Waals surface area contributed by atoms with Crippen molar-refractivity contribution >= 4 is 11.9 Å². The molecule has 3 amide bonds. The second-order valence-electron chi connectivity index (χ2n) is 7.23. The molecule has 1 aliphatic carbocycles. The van der Waals surface area contributed by atoms with E-state index in [9.17, 15) is 14.4 Å². The molecule has 1 aromatic heterocycles. The Kier molecular flexibility index (Phi) is 3.23. The van der Waals surface area contributed by atoms with Crippen molar-refractivity contribution in [2.75, 3.05) is 26.7 Å². The number of likely N-dealkylation sites (tertiary alicyclic amines) is 1. The van der Waals surface area contributed by atoms with E-state index < -0.39 is 5.63 Å². The molecule has 7 nitrogen and oxygen atoms in total. The van der Waals surface area contributed by atoms with Crippen molar-refractivity contribution < 1.29 is 14.0 Å². The third-order valence-electron chi connectivity index (χ3n) is 5.73. The highest BCUT2D eigenvalue weighted by Gasteiger charge is 2.54. The molecule has 0 bridgehead atoms. The minimum atomic E-state index is -0.545. The van der Waals surface area contributed by atoms with Crippen molar-refractivity contribution in [1.29, 1.82) is 0 Å². The van der Waals surface area contributed by atoms with Gasteiger partial charge < -0.3 is 19.5 Å². The summed E-state index contributed by atoms with van der Waals surface area (Å²) in [5.41, 5.74) is -0.0926. The van der Waals surface area contributed by atoms with Gasteiger partial charge in [-0.15, -0.1) is 0 Å². The topological polar surface area (TPSA) is 82.9 Å². The number of likely N-dealkylation sites (N-methyl/N-ethyl adjacent to an activating group) is 1. The van der Waals surface area contributed by atoms with E-state index in [-0.39, 0.29) is 23.0 Å². The molecule has 1 saturated carbocycles. The minimum absolute atomic E-state index is 0.118. The second kappa shape index (κ2) is 5.09. The van der Waals surface area contributed by atoms with Crippen molar-refractivity contribution in [2.24, 2.45) is 0 Å². The number of rotatable bonds is 2. The number of carbonyl (C=O) groups is 2. The molecule has 7 heteroatoms. The number of hydrogen-bond donors (Lipinski definition) is 1. The maximum absolute atomic E-state index is 12.7. The predicted molar refractivity (Wildman–Crippen MR) is 86.1 cm³/mol. The van der Waals surface area contributed by atoms with Gasteiger partial charge in [0.1, 0.15) is 11.3 Å². The minimum Gasteiger partial charge on any atom is -0.427 e. The molecule has 24 heavy (non-hydrogen) atoms. The van der Waals surface area contributed by atoms with Gasteiger partial charge in [0, 0.05) is 32.6 Å². The number of urea groups is 1. The molecule has 3 heterocycles. The van der Waals surface area contributed by atoms with E-state index in [4.69, 9.17) is 4.42 Å². The van der Waals surface area contributed by atoms with E-state index in [0.29, 0.717) is 36.9 Å². The molecule has 2 aliphatic heterocycles. The molecule has 0 aromatic carbocycles. The van der Waals surface area contributed by atoms with Crippen LogP contribution in [0.25, 0.3) is 0 Å². The summed E-state index contributed by atoms with van der Waals surface area (Å²) in [4.78, 5) is 39.9. The fourth-order valence-electron chi connectivity index (χ4n) is 3.77. The van der Waals surface area contributed by atoms with E-state index in [2.05, 4.69) is 5.32 Å². The summed E-state index contributed by atoms with van der Waals surface area (Å²) < 4.78 is 5.41. The molecule has 128 valence electrons. The lowest BCUT2D eigenvalue weighted by Gasteiger charge is -2.50. The van der Waals surface area contributed by atoms with Crippen LogP contribution in [0.2, 0.25) is 0 Å². The van der Waals surface area contributed by atoms with Gasteiger partial charge in [0.2, 0.25) is 0 Å². The van der Waals surface area contributed by atoms with Gasteiger partial charge in [-0.05, 0) is 31.4 Å². The molecule has 0 atom stereocenters. The lowest BCUT2D eigenvalue weighted by Crippen LogP contribution is -2.70. The third kappa shape index (κ3) is 2.07. The van der Waals surface area contributed by atoms with Crippen molar-refractivity contribution in [2.45, 2.75) is 37.6 Å². The number of aryl methyl sites for hydroxylation is 1. The van der Waals surface area contributed by atoms with Crippen molar-refractivity contribution in [1.82, 2.24) is 15.1 Å². The van der Waals surface area contributed by atoms with Gasteiger partial charge in [0.15, 0.2) is 0 Å². The highest BCUT2D eigenvalue weighted by atomic mass is 16.4. The fourth-order valence-corrected chi connectivity index (χ4v) is 3.77. The largest absolute Gasteiger partial charge is 0.427 e. The van der Waals surface area contributed by atoms with Crippen LogP contribution in [0.15, 0.2) is 15.3 Å². The van der Waals surface area contributed by atoms with Crippen molar-refractivity contribution in [3.63, 3.8) is 0 Å². The first-order chi connectivity index (χ1) is 11.4. The zero-order chi connectivity index (χ0) is 17.1. The maximum Gasteiger partial charge on any atom is 0.349 e. The van der Waals surface area contributed by atoms with E-state index in [1.807, 2.05) is 6.07 Å². The molecule has 1 aromatic rings. The highest BCUT2D eigenvalue weighted by molar-refractivity contribution is 5.96. The lowest BCUT2D eigenvalue weighted by molar-refractivity contribution is 0.00735. The standard InChI is InChI=1S/C17H21N3O4/c1-10-6-12(11-4-3-5-11)24-15(22)13(10)14(21)20-8-17(9-20)7-18-16(23)19(17)2/h6,11H,3-5,7-9H2,1-2H3,(H,18,23). The molecule has 0 unspecified atom stereocenters. The zero-order valence-electron chi connectivity index (χ0n) is 13.9. The quantitative estimate of drug-likeness (QED) is 0.878. The van der Waals surface area contributed by atoms with Gasteiger partial charge in [0.25, 0.3) is 5.91 Å². The van der Waals surface area contributed by atoms with Crippen molar-refractivity contribution in [3.8, 4) is 0 Å². The maximum atomic E-state index is 12.7. The molecule has 3 aliphatic rings. The zero-order valence-corrected chi connectivity index (χ0v) is 13.9. The molecular weight excluding hydrogens is 310 g/mol. The Balaban J connectivity index is 1.54. The van der Waals surface area contributed by atoms with Crippen LogP contribution in [-0.2, 0) is 0 Å². The molecule has 0 radical (unpaired) electrons. The van der Waals surface area contributed by atoms with E-state index in [1.54, 1.807) is 23.8 Å². The lowest BCUT2D eigenvalue weighted by atomic mass is 9.83. The van der Waals surface area contributed by atoms with Crippen molar-refractivity contribution in [3.05, 3.63) is 33.4 Å². The Morgan fingerprint density at radius 2 is 2.04 bits per heavy atom. The van der Waals surface area contributed by atoms with E-state index in [1.165, 1.54) is 0 Å². The predicted octanol–water partition coefficient (Wildman–Crippen LogP) is 1.07. The summed E-state index contributed by atoms with van der Waals surface area (Å²) in [5, 5.41) is 2.79. The third-order valence-corrected chi connectivity index (χ3v) is 5.73. The van der Waals surface area contributed by atoms with Crippen LogP contribution in [-0.4, -0.2) is 54.0 Å². The fraction of sp³-hybridized carbons (Fsp3) is 0.588. The van der Waals surface area contributed by atoms with Crippen LogP contribution in [0.5, 0.6) is 0 Å². The number of nitrogens with one attached hydrogen (secondary N) is 1. The first-order valence-electron chi connectivity index (χ1n) is 8.37. The van der Waals surface area contributed by atoms with Crippen LogP contribution in [0, 0.1) is 6.92 Å². The average Bonchev–Trinajstić information content (AvgIpc) is 2.71. The Morgan fingerprint density at radius 3 is 2.54 bits per heavy atom. The molecule has 1 N–H and O–H groups in total. The molecule has 1 spiro atoms. The summed E-state index contributed by atoms with van der Waals surface area (Å²) in [6.45, 7) is 3.18. The highest BCUT2D eigenvalue weighted by Crippen LogP contribution is 2.36. The van der Waals surface area contributed by atoms with Gasteiger partial charge in [-0.2, -0.15) is 0 Å². The molecular formula is C17H21N3O4. The smallest absolute Gasteiger partial charge is 0.349 e. The summed E-state index contributed by atoms with van der Waals surface area (Å²) in [5.74, 6) is 0.711. The Labute approximate surface area is 139 Å². The average molecular weight is 331 g/mol. The number of carbonyl (C=O) groups excluding carboxylic acids is 2. The Morgan fingerprint density at radius 1 is 1.33 bits per heavy atom. The SMILES string of the molecule is Cc1cc(C2CCC2)oc(=O)c1C(=O)N1CC2(CNC(=O)N2C)C1. The first kappa shape index (κ1) is 15.2. The first-order valence-corrected chi connectivity index (χ1v) is 8.37. The van der Waals surface area contributed by atoms with Crippen LogP contribution < -0.4 is 10.9 Å². The van der Waals surface area contributed by atoms with Gasteiger partial charge >= 0.3 is 11.7 Å². The Hall–Kier alpha value is -2.31. The number of amides is 3. The van der Waals surface area contributed by atoms with Crippen LogP contribution in [0.1, 0.15) is 46.9 Å². The second-order valence-corrected chi connectivity index (χ2v) is 7.23. The summed E-state index contributed by atoms with van der Waals surface area (Å²) >= 11 is 0.